The van der Waals surface area contributed by atoms with Crippen LogP contribution in [-0.4, -0.2) is 33.5 Å². The molecule has 29 heavy (non-hydrogen) atoms. The van der Waals surface area contributed by atoms with Gasteiger partial charge < -0.3 is 10.1 Å². The quantitative estimate of drug-likeness (QED) is 0.631. The summed E-state index contributed by atoms with van der Waals surface area (Å²) in [5.41, 5.74) is 0.948. The van der Waals surface area contributed by atoms with Crippen molar-refractivity contribution in [3.05, 3.63) is 59.1 Å². The van der Waals surface area contributed by atoms with E-state index in [4.69, 9.17) is 16.3 Å². The molecule has 2 aromatic carbocycles. The van der Waals surface area contributed by atoms with E-state index in [2.05, 4.69) is 10.0 Å². The Labute approximate surface area is 176 Å². The molecule has 2 N–H and O–H groups in total. The minimum absolute atomic E-state index is 0.0463. The number of amides is 1. The third kappa shape index (κ3) is 6.73. The molecule has 0 aliphatic heterocycles. The third-order valence-electron chi connectivity index (χ3n) is 4.83. The number of benzene rings is 2. The second-order valence-electron chi connectivity index (χ2n) is 7.09. The Balaban J connectivity index is 1.41. The molecule has 0 unspecified atom stereocenters. The molecule has 1 saturated carbocycles. The summed E-state index contributed by atoms with van der Waals surface area (Å²) in [6.07, 6.45) is 4.55. The minimum Gasteiger partial charge on any atom is -0.484 e. The van der Waals surface area contributed by atoms with E-state index in [-0.39, 0.29) is 23.5 Å². The first-order chi connectivity index (χ1) is 13.9. The Hall–Kier alpha value is -2.09. The van der Waals surface area contributed by atoms with Gasteiger partial charge in [0.15, 0.2) is 6.61 Å². The molecular weight excluding hydrogens is 412 g/mol. The van der Waals surface area contributed by atoms with Crippen LogP contribution in [0.4, 0.5) is 0 Å². The summed E-state index contributed by atoms with van der Waals surface area (Å²) in [5, 5.41) is 3.39. The summed E-state index contributed by atoms with van der Waals surface area (Å²) in [7, 11) is -3.48. The second kappa shape index (κ2) is 10.1. The van der Waals surface area contributed by atoms with Crippen LogP contribution in [0.1, 0.15) is 31.2 Å². The molecule has 3 rings (SSSR count). The lowest BCUT2D eigenvalue weighted by Crippen LogP contribution is -2.32. The van der Waals surface area contributed by atoms with Crippen molar-refractivity contribution in [2.75, 3.05) is 13.2 Å². The van der Waals surface area contributed by atoms with Crippen molar-refractivity contribution in [3.63, 3.8) is 0 Å². The highest BCUT2D eigenvalue weighted by Crippen LogP contribution is 2.20. The van der Waals surface area contributed by atoms with Crippen LogP contribution in [0.2, 0.25) is 5.02 Å². The topological polar surface area (TPSA) is 84.5 Å². The van der Waals surface area contributed by atoms with Gasteiger partial charge in [0.2, 0.25) is 10.0 Å². The monoisotopic (exact) mass is 436 g/mol. The Bertz CT molecular complexity index is 909. The summed E-state index contributed by atoms with van der Waals surface area (Å²) in [6, 6.07) is 13.6. The van der Waals surface area contributed by atoms with Crippen molar-refractivity contribution in [1.29, 1.82) is 0 Å². The van der Waals surface area contributed by atoms with E-state index in [1.54, 1.807) is 48.5 Å². The van der Waals surface area contributed by atoms with Gasteiger partial charge in [0.05, 0.1) is 4.90 Å². The van der Waals surface area contributed by atoms with E-state index in [1.165, 1.54) is 0 Å². The van der Waals surface area contributed by atoms with Gasteiger partial charge in [-0.1, -0.05) is 36.6 Å². The van der Waals surface area contributed by atoms with Crippen molar-refractivity contribution in [1.82, 2.24) is 10.0 Å². The van der Waals surface area contributed by atoms with Gasteiger partial charge in [-0.25, -0.2) is 13.1 Å². The Morgan fingerprint density at radius 2 is 1.69 bits per heavy atom. The number of rotatable bonds is 9. The van der Waals surface area contributed by atoms with Gasteiger partial charge in [-0.15, -0.1) is 0 Å². The third-order valence-corrected chi connectivity index (χ3v) is 6.62. The molecular formula is C21H25ClN2O4S. The first-order valence-corrected chi connectivity index (χ1v) is 11.5. The predicted octanol–water partition coefficient (Wildman–Crippen LogP) is 3.30. The summed E-state index contributed by atoms with van der Waals surface area (Å²) in [5.74, 6) is 0.354. The highest BCUT2D eigenvalue weighted by atomic mass is 35.5. The number of hydrogen-bond donors (Lipinski definition) is 2. The number of halogens is 1. The SMILES string of the molecule is O=C(COc1ccc(Cl)cc1)NCCc1ccc(S(=O)(=O)NC2CCCC2)cc1. The van der Waals surface area contributed by atoms with Crippen LogP contribution in [0.3, 0.4) is 0 Å². The molecule has 2 aromatic rings. The first kappa shape index (κ1) is 21.6. The normalized spacial score (nSPS) is 14.7. The van der Waals surface area contributed by atoms with Gasteiger partial charge in [0.1, 0.15) is 5.75 Å². The van der Waals surface area contributed by atoms with Crippen LogP contribution in [0.15, 0.2) is 53.4 Å². The fourth-order valence-corrected chi connectivity index (χ4v) is 4.67. The molecule has 1 aliphatic carbocycles. The van der Waals surface area contributed by atoms with Crippen LogP contribution in [-0.2, 0) is 21.2 Å². The summed E-state index contributed by atoms with van der Waals surface area (Å²) in [6.45, 7) is 0.362. The van der Waals surface area contributed by atoms with Crippen LogP contribution >= 0.6 is 11.6 Å². The molecule has 8 heteroatoms. The van der Waals surface area contributed by atoms with E-state index in [1.807, 2.05) is 0 Å². The number of sulfonamides is 1. The van der Waals surface area contributed by atoms with Crippen molar-refractivity contribution in [2.24, 2.45) is 0 Å². The number of hydrogen-bond acceptors (Lipinski definition) is 4. The molecule has 0 atom stereocenters. The lowest BCUT2D eigenvalue weighted by Gasteiger charge is -2.13. The predicted molar refractivity (Wildman–Crippen MR) is 113 cm³/mol. The van der Waals surface area contributed by atoms with Gasteiger partial charge in [-0.05, 0) is 61.2 Å². The average molecular weight is 437 g/mol. The van der Waals surface area contributed by atoms with E-state index >= 15 is 0 Å². The Morgan fingerprint density at radius 1 is 1.03 bits per heavy atom. The largest absolute Gasteiger partial charge is 0.484 e. The zero-order chi connectivity index (χ0) is 20.7. The molecule has 0 radical (unpaired) electrons. The minimum atomic E-state index is -3.48. The fraction of sp³-hybridized carbons (Fsp3) is 0.381. The van der Waals surface area contributed by atoms with E-state index in [0.717, 1.165) is 31.2 Å². The van der Waals surface area contributed by atoms with Gasteiger partial charge in [0, 0.05) is 17.6 Å². The number of nitrogens with one attached hydrogen (secondary N) is 2. The zero-order valence-corrected chi connectivity index (χ0v) is 17.6. The molecule has 156 valence electrons. The van der Waals surface area contributed by atoms with Crippen molar-refractivity contribution < 1.29 is 17.9 Å². The number of carbonyl (C=O) groups excluding carboxylic acids is 1. The van der Waals surface area contributed by atoms with Crippen molar-refractivity contribution in [3.8, 4) is 5.75 Å². The average Bonchev–Trinajstić information content (AvgIpc) is 3.20. The highest BCUT2D eigenvalue weighted by Gasteiger charge is 2.22. The molecule has 6 nitrogen and oxygen atoms in total. The van der Waals surface area contributed by atoms with Crippen LogP contribution in [0.5, 0.6) is 5.75 Å². The maximum absolute atomic E-state index is 12.4. The van der Waals surface area contributed by atoms with Gasteiger partial charge >= 0.3 is 0 Å². The maximum Gasteiger partial charge on any atom is 0.257 e. The Kier molecular flexibility index (Phi) is 7.52. The van der Waals surface area contributed by atoms with Gasteiger partial charge in [-0.3, -0.25) is 4.79 Å². The first-order valence-electron chi connectivity index (χ1n) is 9.69. The van der Waals surface area contributed by atoms with E-state index in [9.17, 15) is 13.2 Å². The van der Waals surface area contributed by atoms with Crippen LogP contribution < -0.4 is 14.8 Å². The van der Waals surface area contributed by atoms with Gasteiger partial charge in [-0.2, -0.15) is 0 Å². The lowest BCUT2D eigenvalue weighted by molar-refractivity contribution is -0.123. The molecule has 1 amide bonds. The standard InChI is InChI=1S/C21H25ClN2O4S/c22-17-7-9-19(10-8-17)28-15-21(25)23-14-13-16-5-11-20(12-6-16)29(26,27)24-18-3-1-2-4-18/h5-12,18,24H,1-4,13-15H2,(H,23,25). The smallest absolute Gasteiger partial charge is 0.257 e. The molecule has 1 fully saturated rings. The van der Waals surface area contributed by atoms with Crippen molar-refractivity contribution in [2.45, 2.75) is 43.0 Å². The molecule has 0 saturated heterocycles. The summed E-state index contributed by atoms with van der Waals surface area (Å²) >= 11 is 5.80. The Morgan fingerprint density at radius 3 is 2.34 bits per heavy atom. The van der Waals surface area contributed by atoms with Crippen LogP contribution in [0, 0.1) is 0 Å². The van der Waals surface area contributed by atoms with E-state index < -0.39 is 10.0 Å². The fourth-order valence-electron chi connectivity index (χ4n) is 3.24. The number of carbonyl (C=O) groups is 1. The molecule has 0 heterocycles. The molecule has 0 spiro atoms. The molecule has 0 bridgehead atoms. The molecule has 0 aromatic heterocycles. The van der Waals surface area contributed by atoms with E-state index in [0.29, 0.717) is 23.7 Å². The van der Waals surface area contributed by atoms with Gasteiger partial charge in [0.25, 0.3) is 5.91 Å². The summed E-state index contributed by atoms with van der Waals surface area (Å²) in [4.78, 5) is 12.1. The molecule has 1 aliphatic rings. The van der Waals surface area contributed by atoms with Crippen molar-refractivity contribution >= 4 is 27.5 Å². The lowest BCUT2D eigenvalue weighted by atomic mass is 10.1. The van der Waals surface area contributed by atoms with Crippen LogP contribution in [0.25, 0.3) is 0 Å². The second-order valence-corrected chi connectivity index (χ2v) is 9.24. The zero-order valence-electron chi connectivity index (χ0n) is 16.1. The maximum atomic E-state index is 12.4. The number of ether oxygens (including phenoxy) is 1. The summed E-state index contributed by atoms with van der Waals surface area (Å²) < 4.78 is 33.0. The highest BCUT2D eigenvalue weighted by molar-refractivity contribution is 7.89.